The molecular weight excluding hydrogens is 420 g/mol. The van der Waals surface area contributed by atoms with Crippen molar-refractivity contribution in [2.75, 3.05) is 27.3 Å². The molecule has 1 N–H and O–H groups in total. The molecule has 3 atom stereocenters. The van der Waals surface area contributed by atoms with E-state index in [4.69, 9.17) is 21.1 Å². The van der Waals surface area contributed by atoms with Crippen molar-refractivity contribution in [3.63, 3.8) is 0 Å². The van der Waals surface area contributed by atoms with Gasteiger partial charge in [0.25, 0.3) is 0 Å². The van der Waals surface area contributed by atoms with Crippen molar-refractivity contribution in [2.45, 2.75) is 31.5 Å². The predicted octanol–water partition coefficient (Wildman–Crippen LogP) is 5.35. The first-order valence-electron chi connectivity index (χ1n) is 11.1. The Bertz CT molecular complexity index is 1010. The maximum Gasteiger partial charge on any atom is 0.160 e. The molecule has 3 aromatic rings. The summed E-state index contributed by atoms with van der Waals surface area (Å²) in [6, 6.07) is 26.1. The predicted molar refractivity (Wildman–Crippen MR) is 131 cm³/mol. The molecule has 0 aromatic heterocycles. The fourth-order valence-corrected chi connectivity index (χ4v) is 4.86. The number of ether oxygens (including phenoxy) is 2. The lowest BCUT2D eigenvalue weighted by atomic mass is 9.90. The summed E-state index contributed by atoms with van der Waals surface area (Å²) in [4.78, 5) is 2.64. The van der Waals surface area contributed by atoms with Gasteiger partial charge in [0.2, 0.25) is 0 Å². The van der Waals surface area contributed by atoms with E-state index >= 15 is 0 Å². The molecule has 0 aliphatic carbocycles. The highest BCUT2D eigenvalue weighted by atomic mass is 35.5. The molecule has 1 aliphatic heterocycles. The van der Waals surface area contributed by atoms with Crippen LogP contribution in [0.25, 0.3) is 0 Å². The second-order valence-corrected chi connectivity index (χ2v) is 8.74. The Labute approximate surface area is 196 Å². The number of halogens is 1. The molecule has 5 heteroatoms. The minimum absolute atomic E-state index is 0.156. The third-order valence-electron chi connectivity index (χ3n) is 6.36. The molecule has 32 heavy (non-hydrogen) atoms. The number of hydrogen-bond acceptors (Lipinski definition) is 4. The van der Waals surface area contributed by atoms with Crippen LogP contribution in [0.3, 0.4) is 0 Å². The van der Waals surface area contributed by atoms with E-state index in [1.807, 2.05) is 18.2 Å². The molecule has 4 nitrogen and oxygen atoms in total. The standard InChI is InChI=1S/C27H31ClN2O2/c1-19-24(17-20-9-14-25(31-2)26(18-20)32-3)30(16-15-29-19)27(21-7-5-4-6-8-21)22-10-12-23(28)13-11-22/h4-14,18-19,24,27,29H,15-17H2,1-3H3. The Morgan fingerprint density at radius 3 is 2.31 bits per heavy atom. The Morgan fingerprint density at radius 1 is 0.938 bits per heavy atom. The van der Waals surface area contributed by atoms with Gasteiger partial charge >= 0.3 is 0 Å². The van der Waals surface area contributed by atoms with E-state index in [9.17, 15) is 0 Å². The van der Waals surface area contributed by atoms with Gasteiger partial charge < -0.3 is 14.8 Å². The first kappa shape index (κ1) is 22.7. The summed E-state index contributed by atoms with van der Waals surface area (Å²) in [6.45, 7) is 4.20. The summed E-state index contributed by atoms with van der Waals surface area (Å²) in [7, 11) is 3.35. The van der Waals surface area contributed by atoms with E-state index in [-0.39, 0.29) is 6.04 Å². The molecule has 0 saturated carbocycles. The van der Waals surface area contributed by atoms with Crippen molar-refractivity contribution in [2.24, 2.45) is 0 Å². The highest BCUT2D eigenvalue weighted by molar-refractivity contribution is 6.30. The number of nitrogens with zero attached hydrogens (tertiary/aromatic N) is 1. The number of rotatable bonds is 7. The van der Waals surface area contributed by atoms with Gasteiger partial charge in [-0.1, -0.05) is 60.1 Å². The first-order chi connectivity index (χ1) is 15.6. The summed E-state index contributed by atoms with van der Waals surface area (Å²) in [6.07, 6.45) is 0.908. The van der Waals surface area contributed by atoms with Gasteiger partial charge in [0.1, 0.15) is 0 Å². The molecule has 4 rings (SSSR count). The SMILES string of the molecule is COc1ccc(CC2C(C)NCCN2C(c2ccccc2)c2ccc(Cl)cc2)cc1OC. The van der Waals surface area contributed by atoms with Crippen LogP contribution in [0.15, 0.2) is 72.8 Å². The van der Waals surface area contributed by atoms with Crippen LogP contribution in [0.4, 0.5) is 0 Å². The molecule has 3 aromatic carbocycles. The topological polar surface area (TPSA) is 33.7 Å². The lowest BCUT2D eigenvalue weighted by Gasteiger charge is -2.45. The monoisotopic (exact) mass is 450 g/mol. The average molecular weight is 451 g/mol. The Hall–Kier alpha value is -2.53. The second-order valence-electron chi connectivity index (χ2n) is 8.31. The Morgan fingerprint density at radius 2 is 1.62 bits per heavy atom. The molecule has 0 radical (unpaired) electrons. The van der Waals surface area contributed by atoms with E-state index < -0.39 is 0 Å². The maximum atomic E-state index is 6.21. The van der Waals surface area contributed by atoms with Gasteiger partial charge in [-0.3, -0.25) is 4.90 Å². The van der Waals surface area contributed by atoms with Crippen LogP contribution in [0, 0.1) is 0 Å². The lowest BCUT2D eigenvalue weighted by Crippen LogP contribution is -2.58. The van der Waals surface area contributed by atoms with Crippen molar-refractivity contribution in [1.82, 2.24) is 10.2 Å². The van der Waals surface area contributed by atoms with Crippen molar-refractivity contribution in [3.05, 3.63) is 94.5 Å². The van der Waals surface area contributed by atoms with Crippen LogP contribution in [-0.2, 0) is 6.42 Å². The molecule has 0 amide bonds. The zero-order valence-electron chi connectivity index (χ0n) is 18.9. The first-order valence-corrected chi connectivity index (χ1v) is 11.5. The molecule has 1 heterocycles. The van der Waals surface area contributed by atoms with Crippen LogP contribution >= 0.6 is 11.6 Å². The Kier molecular flexibility index (Phi) is 7.36. The van der Waals surface area contributed by atoms with E-state index in [2.05, 4.69) is 71.7 Å². The number of piperazine rings is 1. The minimum atomic E-state index is 0.156. The number of benzene rings is 3. The van der Waals surface area contributed by atoms with Gasteiger partial charge in [-0.2, -0.15) is 0 Å². The third kappa shape index (κ3) is 4.93. The van der Waals surface area contributed by atoms with Gasteiger partial charge in [-0.15, -0.1) is 0 Å². The van der Waals surface area contributed by atoms with Crippen LogP contribution in [0.2, 0.25) is 5.02 Å². The van der Waals surface area contributed by atoms with Gasteiger partial charge in [-0.25, -0.2) is 0 Å². The second kappa shape index (κ2) is 10.4. The highest BCUT2D eigenvalue weighted by Gasteiger charge is 2.34. The normalized spacial score (nSPS) is 20.0. The summed E-state index contributed by atoms with van der Waals surface area (Å²) in [5.74, 6) is 1.52. The van der Waals surface area contributed by atoms with E-state index in [1.54, 1.807) is 14.2 Å². The molecule has 168 valence electrons. The van der Waals surface area contributed by atoms with Crippen molar-refractivity contribution in [1.29, 1.82) is 0 Å². The molecule has 0 spiro atoms. The van der Waals surface area contributed by atoms with Crippen LogP contribution < -0.4 is 14.8 Å². The lowest BCUT2D eigenvalue weighted by molar-refractivity contribution is 0.0939. The smallest absolute Gasteiger partial charge is 0.160 e. The number of nitrogens with one attached hydrogen (secondary N) is 1. The van der Waals surface area contributed by atoms with E-state index in [0.717, 1.165) is 36.0 Å². The quantitative estimate of drug-likeness (QED) is 0.526. The molecule has 1 aliphatic rings. The molecule has 1 saturated heterocycles. The van der Waals surface area contributed by atoms with Gasteiger partial charge in [0.05, 0.1) is 20.3 Å². The maximum absolute atomic E-state index is 6.21. The van der Waals surface area contributed by atoms with E-state index in [0.29, 0.717) is 12.1 Å². The summed E-state index contributed by atoms with van der Waals surface area (Å²) >= 11 is 6.21. The Balaban J connectivity index is 1.71. The minimum Gasteiger partial charge on any atom is -0.493 e. The fraction of sp³-hybridized carbons (Fsp3) is 0.333. The van der Waals surface area contributed by atoms with Gasteiger partial charge in [-0.05, 0) is 54.3 Å². The number of methoxy groups -OCH3 is 2. The zero-order valence-corrected chi connectivity index (χ0v) is 19.7. The van der Waals surface area contributed by atoms with Crippen molar-refractivity contribution >= 4 is 11.6 Å². The summed E-state index contributed by atoms with van der Waals surface area (Å²) in [5.41, 5.74) is 3.78. The largest absolute Gasteiger partial charge is 0.493 e. The van der Waals surface area contributed by atoms with Crippen LogP contribution in [0.5, 0.6) is 11.5 Å². The van der Waals surface area contributed by atoms with E-state index in [1.165, 1.54) is 16.7 Å². The highest BCUT2D eigenvalue weighted by Crippen LogP contribution is 2.35. The third-order valence-corrected chi connectivity index (χ3v) is 6.62. The fourth-order valence-electron chi connectivity index (χ4n) is 4.73. The van der Waals surface area contributed by atoms with Crippen LogP contribution in [0.1, 0.15) is 29.7 Å². The average Bonchev–Trinajstić information content (AvgIpc) is 2.83. The number of hydrogen-bond donors (Lipinski definition) is 1. The molecular formula is C27H31ClN2O2. The molecule has 0 bridgehead atoms. The summed E-state index contributed by atoms with van der Waals surface area (Å²) in [5, 5.41) is 4.44. The summed E-state index contributed by atoms with van der Waals surface area (Å²) < 4.78 is 11.0. The zero-order chi connectivity index (χ0) is 22.5. The molecule has 1 fully saturated rings. The van der Waals surface area contributed by atoms with Gasteiger partial charge in [0.15, 0.2) is 11.5 Å². The van der Waals surface area contributed by atoms with Gasteiger partial charge in [0, 0.05) is 30.2 Å². The molecule has 3 unspecified atom stereocenters. The van der Waals surface area contributed by atoms with Crippen molar-refractivity contribution in [3.8, 4) is 11.5 Å². The van der Waals surface area contributed by atoms with Crippen molar-refractivity contribution < 1.29 is 9.47 Å². The van der Waals surface area contributed by atoms with Crippen LogP contribution in [-0.4, -0.2) is 44.3 Å².